The lowest BCUT2D eigenvalue weighted by Gasteiger charge is -2.12. The first-order valence-corrected chi connectivity index (χ1v) is 4.64. The van der Waals surface area contributed by atoms with Gasteiger partial charge in [0.1, 0.15) is 0 Å². The van der Waals surface area contributed by atoms with Gasteiger partial charge in [-0.1, -0.05) is 0 Å². The Hall–Kier alpha value is -2.04. The fourth-order valence-electron chi connectivity index (χ4n) is 1.43. The van der Waals surface area contributed by atoms with Crippen molar-refractivity contribution in [1.82, 2.24) is 4.57 Å². The standard InChI is InChI=1S/C11H10F2N2O/c12-11(13)16-10-7-8(14)3-4-9(10)15-5-1-2-6-15/h1-7,11H,14H2. The average Bonchev–Trinajstić information content (AvgIpc) is 2.69. The van der Waals surface area contributed by atoms with Crippen LogP contribution in [0.15, 0.2) is 42.7 Å². The van der Waals surface area contributed by atoms with Crippen molar-refractivity contribution in [3.05, 3.63) is 42.7 Å². The predicted molar refractivity (Wildman–Crippen MR) is 56.8 cm³/mol. The molecule has 16 heavy (non-hydrogen) atoms. The monoisotopic (exact) mass is 224 g/mol. The summed E-state index contributed by atoms with van der Waals surface area (Å²) in [5, 5.41) is 0. The minimum atomic E-state index is -2.86. The molecular weight excluding hydrogens is 214 g/mol. The zero-order valence-corrected chi connectivity index (χ0v) is 8.31. The van der Waals surface area contributed by atoms with Crippen LogP contribution < -0.4 is 10.5 Å². The second kappa shape index (κ2) is 4.22. The van der Waals surface area contributed by atoms with E-state index in [2.05, 4.69) is 4.74 Å². The molecule has 1 aromatic heterocycles. The number of anilines is 1. The molecular formula is C11H10F2N2O. The first-order chi connectivity index (χ1) is 7.66. The fourth-order valence-corrected chi connectivity index (χ4v) is 1.43. The highest BCUT2D eigenvalue weighted by Crippen LogP contribution is 2.27. The second-order valence-electron chi connectivity index (χ2n) is 3.20. The van der Waals surface area contributed by atoms with Gasteiger partial charge < -0.3 is 15.0 Å². The van der Waals surface area contributed by atoms with Gasteiger partial charge in [-0.15, -0.1) is 0 Å². The van der Waals surface area contributed by atoms with Crippen LogP contribution >= 0.6 is 0 Å². The molecule has 0 aliphatic carbocycles. The lowest BCUT2D eigenvalue weighted by Crippen LogP contribution is -2.05. The summed E-state index contributed by atoms with van der Waals surface area (Å²) in [4.78, 5) is 0. The van der Waals surface area contributed by atoms with Crippen LogP contribution in [0.3, 0.4) is 0 Å². The van der Waals surface area contributed by atoms with Crippen molar-refractivity contribution in [2.24, 2.45) is 0 Å². The van der Waals surface area contributed by atoms with Crippen molar-refractivity contribution in [2.75, 3.05) is 5.73 Å². The molecule has 0 saturated heterocycles. The number of benzene rings is 1. The molecule has 2 rings (SSSR count). The summed E-state index contributed by atoms with van der Waals surface area (Å²) < 4.78 is 30.5. The summed E-state index contributed by atoms with van der Waals surface area (Å²) in [6, 6.07) is 8.23. The van der Waals surface area contributed by atoms with Crippen LogP contribution in [0.5, 0.6) is 5.75 Å². The van der Waals surface area contributed by atoms with Crippen molar-refractivity contribution in [2.45, 2.75) is 6.61 Å². The normalized spacial score (nSPS) is 10.7. The predicted octanol–water partition coefficient (Wildman–Crippen LogP) is 2.66. The highest BCUT2D eigenvalue weighted by atomic mass is 19.3. The SMILES string of the molecule is Nc1ccc(-n2cccc2)c(OC(F)F)c1. The maximum atomic E-state index is 12.2. The Bertz CT molecular complexity index is 469. The first kappa shape index (κ1) is 10.5. The van der Waals surface area contributed by atoms with Crippen LogP contribution in [0.4, 0.5) is 14.5 Å². The van der Waals surface area contributed by atoms with Crippen molar-refractivity contribution in [3.8, 4) is 11.4 Å². The molecule has 5 heteroatoms. The third kappa shape index (κ3) is 2.13. The number of rotatable bonds is 3. The third-order valence-corrected chi connectivity index (χ3v) is 2.08. The number of nitrogens with zero attached hydrogens (tertiary/aromatic N) is 1. The summed E-state index contributed by atoms with van der Waals surface area (Å²) in [6.07, 6.45) is 3.48. The number of aromatic nitrogens is 1. The molecule has 2 aromatic rings. The summed E-state index contributed by atoms with van der Waals surface area (Å²) in [5.74, 6) is 0.0613. The maximum absolute atomic E-state index is 12.2. The number of hydrogen-bond acceptors (Lipinski definition) is 2. The number of nitrogen functional groups attached to an aromatic ring is 1. The number of alkyl halides is 2. The van der Waals surface area contributed by atoms with E-state index >= 15 is 0 Å². The van der Waals surface area contributed by atoms with Gasteiger partial charge in [-0.25, -0.2) is 0 Å². The Balaban J connectivity index is 2.44. The lowest BCUT2D eigenvalue weighted by molar-refractivity contribution is -0.0497. The van der Waals surface area contributed by atoms with E-state index in [1.807, 2.05) is 0 Å². The molecule has 1 aromatic carbocycles. The van der Waals surface area contributed by atoms with Crippen LogP contribution in [-0.4, -0.2) is 11.2 Å². The molecule has 0 fully saturated rings. The Morgan fingerprint density at radius 1 is 1.19 bits per heavy atom. The van der Waals surface area contributed by atoms with E-state index in [-0.39, 0.29) is 5.75 Å². The van der Waals surface area contributed by atoms with Crippen LogP contribution in [0.25, 0.3) is 5.69 Å². The van der Waals surface area contributed by atoms with Crippen LogP contribution in [0, 0.1) is 0 Å². The average molecular weight is 224 g/mol. The molecule has 0 radical (unpaired) electrons. The molecule has 0 amide bonds. The van der Waals surface area contributed by atoms with E-state index in [0.29, 0.717) is 11.4 Å². The summed E-state index contributed by atoms with van der Waals surface area (Å²) in [5.41, 5.74) is 6.43. The molecule has 0 bridgehead atoms. The minimum Gasteiger partial charge on any atom is -0.433 e. The molecule has 0 spiro atoms. The lowest BCUT2D eigenvalue weighted by atomic mass is 10.2. The van der Waals surface area contributed by atoms with Gasteiger partial charge in [0.25, 0.3) is 0 Å². The summed E-state index contributed by atoms with van der Waals surface area (Å²) in [6.45, 7) is -2.86. The quantitative estimate of drug-likeness (QED) is 0.814. The highest BCUT2D eigenvalue weighted by Gasteiger charge is 2.10. The maximum Gasteiger partial charge on any atom is 0.387 e. The van der Waals surface area contributed by atoms with Crippen LogP contribution in [-0.2, 0) is 0 Å². The van der Waals surface area contributed by atoms with Crippen molar-refractivity contribution in [1.29, 1.82) is 0 Å². The van der Waals surface area contributed by atoms with Crippen molar-refractivity contribution in [3.63, 3.8) is 0 Å². The molecule has 0 aliphatic heterocycles. The molecule has 2 N–H and O–H groups in total. The number of halogens is 2. The highest BCUT2D eigenvalue weighted by molar-refractivity contribution is 5.56. The Morgan fingerprint density at radius 2 is 1.88 bits per heavy atom. The fraction of sp³-hybridized carbons (Fsp3) is 0.0909. The van der Waals surface area contributed by atoms with Crippen molar-refractivity contribution >= 4 is 5.69 Å². The first-order valence-electron chi connectivity index (χ1n) is 4.64. The van der Waals surface area contributed by atoms with Gasteiger partial charge in [-0.3, -0.25) is 0 Å². The van der Waals surface area contributed by atoms with Gasteiger partial charge in [0, 0.05) is 24.1 Å². The summed E-state index contributed by atoms with van der Waals surface area (Å²) >= 11 is 0. The smallest absolute Gasteiger partial charge is 0.387 e. The van der Waals surface area contributed by atoms with Gasteiger partial charge in [0.15, 0.2) is 5.75 Å². The number of nitrogens with two attached hydrogens (primary N) is 1. The van der Waals surface area contributed by atoms with Gasteiger partial charge in [-0.05, 0) is 24.3 Å². The molecule has 84 valence electrons. The zero-order valence-electron chi connectivity index (χ0n) is 8.31. The summed E-state index contributed by atoms with van der Waals surface area (Å²) in [7, 11) is 0. The molecule has 0 unspecified atom stereocenters. The largest absolute Gasteiger partial charge is 0.433 e. The Kier molecular flexibility index (Phi) is 2.76. The van der Waals surface area contributed by atoms with E-state index in [0.717, 1.165) is 0 Å². The Morgan fingerprint density at radius 3 is 2.50 bits per heavy atom. The van der Waals surface area contributed by atoms with E-state index in [1.165, 1.54) is 6.07 Å². The van der Waals surface area contributed by atoms with Gasteiger partial charge in [0.2, 0.25) is 0 Å². The van der Waals surface area contributed by atoms with Crippen LogP contribution in [0.1, 0.15) is 0 Å². The number of ether oxygens (including phenoxy) is 1. The second-order valence-corrected chi connectivity index (χ2v) is 3.20. The topological polar surface area (TPSA) is 40.2 Å². The molecule has 3 nitrogen and oxygen atoms in total. The van der Waals surface area contributed by atoms with E-state index in [1.54, 1.807) is 41.2 Å². The zero-order chi connectivity index (χ0) is 11.5. The van der Waals surface area contributed by atoms with E-state index < -0.39 is 6.61 Å². The molecule has 0 aliphatic rings. The minimum absolute atomic E-state index is 0.0613. The molecule has 0 saturated carbocycles. The number of hydrogen-bond donors (Lipinski definition) is 1. The van der Waals surface area contributed by atoms with E-state index in [9.17, 15) is 8.78 Å². The van der Waals surface area contributed by atoms with Gasteiger partial charge in [0.05, 0.1) is 5.69 Å². The van der Waals surface area contributed by atoms with Crippen molar-refractivity contribution < 1.29 is 13.5 Å². The third-order valence-electron chi connectivity index (χ3n) is 2.08. The van der Waals surface area contributed by atoms with Gasteiger partial charge in [-0.2, -0.15) is 8.78 Å². The molecule has 0 atom stereocenters. The van der Waals surface area contributed by atoms with E-state index in [4.69, 9.17) is 5.73 Å². The molecule has 1 heterocycles. The van der Waals surface area contributed by atoms with Crippen LogP contribution in [0.2, 0.25) is 0 Å². The Labute approximate surface area is 91.1 Å². The van der Waals surface area contributed by atoms with Gasteiger partial charge >= 0.3 is 6.61 Å².